The number of rotatable bonds is 7. The third-order valence-corrected chi connectivity index (χ3v) is 3.91. The van der Waals surface area contributed by atoms with Crippen molar-refractivity contribution < 1.29 is 19.4 Å². The quantitative estimate of drug-likeness (QED) is 0.431. The number of phenols is 1. The fourth-order valence-corrected chi connectivity index (χ4v) is 2.48. The Morgan fingerprint density at radius 3 is 2.79 bits per heavy atom. The lowest BCUT2D eigenvalue weighted by molar-refractivity contribution is 0.0950. The maximum atomic E-state index is 12.2. The van der Waals surface area contributed by atoms with E-state index < -0.39 is 5.91 Å². The van der Waals surface area contributed by atoms with E-state index in [0.29, 0.717) is 23.6 Å². The molecule has 1 aromatic heterocycles. The first-order valence-corrected chi connectivity index (χ1v) is 8.60. The van der Waals surface area contributed by atoms with E-state index in [9.17, 15) is 9.90 Å². The zero-order chi connectivity index (χ0) is 19.9. The summed E-state index contributed by atoms with van der Waals surface area (Å²) in [7, 11) is 1.60. The van der Waals surface area contributed by atoms with Gasteiger partial charge in [-0.25, -0.2) is 5.43 Å². The van der Waals surface area contributed by atoms with Crippen molar-refractivity contribution in [2.75, 3.05) is 13.7 Å². The number of amides is 1. The van der Waals surface area contributed by atoms with Gasteiger partial charge in [-0.2, -0.15) is 10.2 Å². The first-order valence-electron chi connectivity index (χ1n) is 8.60. The summed E-state index contributed by atoms with van der Waals surface area (Å²) in [6.45, 7) is 2.26. The van der Waals surface area contributed by atoms with Gasteiger partial charge >= 0.3 is 0 Å². The van der Waals surface area contributed by atoms with Crippen molar-refractivity contribution in [1.29, 1.82) is 0 Å². The second kappa shape index (κ2) is 8.72. The minimum absolute atomic E-state index is 0.0364. The van der Waals surface area contributed by atoms with E-state index in [1.807, 2.05) is 31.2 Å². The van der Waals surface area contributed by atoms with Gasteiger partial charge in [-0.3, -0.25) is 9.89 Å². The van der Waals surface area contributed by atoms with Gasteiger partial charge in [-0.1, -0.05) is 6.07 Å². The normalized spacial score (nSPS) is 10.8. The average Bonchev–Trinajstić information content (AvgIpc) is 3.21. The minimum Gasteiger partial charge on any atom is -0.504 e. The molecule has 1 heterocycles. The highest BCUT2D eigenvalue weighted by atomic mass is 16.5. The topological polar surface area (TPSA) is 109 Å². The highest BCUT2D eigenvalue weighted by Gasteiger charge is 2.11. The van der Waals surface area contributed by atoms with E-state index in [2.05, 4.69) is 20.7 Å². The lowest BCUT2D eigenvalue weighted by Crippen LogP contribution is -2.18. The SMILES string of the molecule is CCOc1cccc(/C=N\NC(=O)c2cc(-c3ccc(OC)cc3)n[nH]2)c1O. The summed E-state index contributed by atoms with van der Waals surface area (Å²) in [5.74, 6) is 0.605. The van der Waals surface area contributed by atoms with Crippen molar-refractivity contribution in [2.45, 2.75) is 6.92 Å². The van der Waals surface area contributed by atoms with Gasteiger partial charge in [0.15, 0.2) is 11.5 Å². The molecule has 1 amide bonds. The summed E-state index contributed by atoms with van der Waals surface area (Å²) >= 11 is 0. The molecule has 28 heavy (non-hydrogen) atoms. The van der Waals surface area contributed by atoms with Crippen LogP contribution in [0.3, 0.4) is 0 Å². The molecule has 0 spiro atoms. The van der Waals surface area contributed by atoms with Crippen molar-refractivity contribution in [1.82, 2.24) is 15.6 Å². The van der Waals surface area contributed by atoms with Crippen LogP contribution in [-0.4, -0.2) is 41.1 Å². The number of H-pyrrole nitrogens is 1. The molecule has 0 aliphatic rings. The van der Waals surface area contributed by atoms with E-state index in [1.54, 1.807) is 31.4 Å². The van der Waals surface area contributed by atoms with E-state index in [0.717, 1.165) is 11.3 Å². The third kappa shape index (κ3) is 4.29. The molecule has 0 unspecified atom stereocenters. The minimum atomic E-state index is -0.455. The molecule has 0 saturated carbocycles. The molecule has 2 aromatic carbocycles. The molecular weight excluding hydrogens is 360 g/mol. The van der Waals surface area contributed by atoms with Crippen LogP contribution in [0.2, 0.25) is 0 Å². The predicted octanol–water partition coefficient (Wildman–Crippen LogP) is 2.95. The van der Waals surface area contributed by atoms with Crippen molar-refractivity contribution >= 4 is 12.1 Å². The number of phenolic OH excluding ortho intramolecular Hbond substituents is 1. The van der Waals surface area contributed by atoms with Gasteiger partial charge in [0, 0.05) is 11.1 Å². The number of aromatic nitrogens is 2. The number of nitrogens with one attached hydrogen (secondary N) is 2. The van der Waals surface area contributed by atoms with Crippen LogP contribution in [0, 0.1) is 0 Å². The lowest BCUT2D eigenvalue weighted by atomic mass is 10.1. The number of aromatic hydroxyl groups is 1. The van der Waals surface area contributed by atoms with Crippen LogP contribution < -0.4 is 14.9 Å². The molecule has 8 nitrogen and oxygen atoms in total. The highest BCUT2D eigenvalue weighted by Crippen LogP contribution is 2.28. The third-order valence-electron chi connectivity index (χ3n) is 3.91. The molecule has 8 heteroatoms. The summed E-state index contributed by atoms with van der Waals surface area (Å²) in [6.07, 6.45) is 1.34. The van der Waals surface area contributed by atoms with E-state index >= 15 is 0 Å². The van der Waals surface area contributed by atoms with Gasteiger partial charge < -0.3 is 14.6 Å². The van der Waals surface area contributed by atoms with Crippen LogP contribution in [0.25, 0.3) is 11.3 Å². The Balaban J connectivity index is 1.66. The molecule has 0 saturated heterocycles. The fourth-order valence-electron chi connectivity index (χ4n) is 2.48. The van der Waals surface area contributed by atoms with Crippen LogP contribution >= 0.6 is 0 Å². The molecule has 0 aliphatic carbocycles. The first-order chi connectivity index (χ1) is 13.6. The molecule has 0 bridgehead atoms. The fraction of sp³-hybridized carbons (Fsp3) is 0.150. The van der Waals surface area contributed by atoms with Gasteiger partial charge in [-0.15, -0.1) is 0 Å². The van der Waals surface area contributed by atoms with Crippen LogP contribution in [-0.2, 0) is 0 Å². The number of para-hydroxylation sites is 1. The number of hydrogen-bond acceptors (Lipinski definition) is 6. The summed E-state index contributed by atoms with van der Waals surface area (Å²) in [4.78, 5) is 12.2. The Bertz CT molecular complexity index is 980. The molecule has 3 N–H and O–H groups in total. The Morgan fingerprint density at radius 2 is 2.07 bits per heavy atom. The largest absolute Gasteiger partial charge is 0.504 e. The smallest absolute Gasteiger partial charge is 0.289 e. The van der Waals surface area contributed by atoms with Crippen LogP contribution in [0.15, 0.2) is 53.6 Å². The number of methoxy groups -OCH3 is 1. The van der Waals surface area contributed by atoms with Crippen molar-refractivity contribution in [3.8, 4) is 28.5 Å². The van der Waals surface area contributed by atoms with E-state index in [1.165, 1.54) is 6.21 Å². The molecule has 0 fully saturated rings. The molecular formula is C20H20N4O4. The van der Waals surface area contributed by atoms with Gasteiger partial charge in [-0.05, 0) is 49.4 Å². The highest BCUT2D eigenvalue weighted by molar-refractivity contribution is 5.94. The number of carbonyl (C=O) groups is 1. The number of hydrazone groups is 1. The Kier molecular flexibility index (Phi) is 5.91. The number of hydrogen-bond donors (Lipinski definition) is 3. The van der Waals surface area contributed by atoms with E-state index in [-0.39, 0.29) is 11.4 Å². The van der Waals surface area contributed by atoms with Crippen LogP contribution in [0.5, 0.6) is 17.2 Å². The molecule has 0 radical (unpaired) electrons. The number of nitrogens with zero attached hydrogens (tertiary/aromatic N) is 2. The van der Waals surface area contributed by atoms with Crippen molar-refractivity contribution in [2.24, 2.45) is 5.10 Å². The molecule has 3 rings (SSSR count). The second-order valence-electron chi connectivity index (χ2n) is 5.72. The standard InChI is InChI=1S/C20H20N4O4/c1-3-28-18-6-4-5-14(19(18)25)12-21-24-20(26)17-11-16(22-23-17)13-7-9-15(27-2)10-8-13/h4-12,25H,3H2,1-2H3,(H,22,23)(H,24,26)/b21-12-. The number of carbonyl (C=O) groups excluding carboxylic acids is 1. The molecule has 0 aliphatic heterocycles. The molecule has 144 valence electrons. The predicted molar refractivity (Wildman–Crippen MR) is 105 cm³/mol. The number of ether oxygens (including phenoxy) is 2. The summed E-state index contributed by atoms with van der Waals surface area (Å²) in [5, 5.41) is 20.8. The van der Waals surface area contributed by atoms with Crippen molar-refractivity contribution in [3.05, 3.63) is 59.8 Å². The molecule has 0 atom stereocenters. The summed E-state index contributed by atoms with van der Waals surface area (Å²) < 4.78 is 10.4. The number of aromatic amines is 1. The lowest BCUT2D eigenvalue weighted by Gasteiger charge is -2.07. The van der Waals surface area contributed by atoms with Gasteiger partial charge in [0.2, 0.25) is 0 Å². The number of benzene rings is 2. The van der Waals surface area contributed by atoms with Crippen LogP contribution in [0.1, 0.15) is 23.0 Å². The zero-order valence-corrected chi connectivity index (χ0v) is 15.5. The first kappa shape index (κ1) is 19.0. The summed E-state index contributed by atoms with van der Waals surface area (Å²) in [5.41, 5.74) is 4.55. The van der Waals surface area contributed by atoms with Gasteiger partial charge in [0.1, 0.15) is 11.4 Å². The Labute approximate surface area is 161 Å². The average molecular weight is 380 g/mol. The Hall–Kier alpha value is -3.81. The maximum absolute atomic E-state index is 12.2. The monoisotopic (exact) mass is 380 g/mol. The maximum Gasteiger partial charge on any atom is 0.289 e. The van der Waals surface area contributed by atoms with Crippen molar-refractivity contribution in [3.63, 3.8) is 0 Å². The Morgan fingerprint density at radius 1 is 1.29 bits per heavy atom. The second-order valence-corrected chi connectivity index (χ2v) is 5.72. The zero-order valence-electron chi connectivity index (χ0n) is 15.5. The molecule has 3 aromatic rings. The van der Waals surface area contributed by atoms with Gasteiger partial charge in [0.05, 0.1) is 25.6 Å². The van der Waals surface area contributed by atoms with Gasteiger partial charge in [0.25, 0.3) is 5.91 Å². The summed E-state index contributed by atoms with van der Waals surface area (Å²) in [6, 6.07) is 14.0. The van der Waals surface area contributed by atoms with E-state index in [4.69, 9.17) is 9.47 Å². The van der Waals surface area contributed by atoms with Crippen LogP contribution in [0.4, 0.5) is 0 Å².